The highest BCUT2D eigenvalue weighted by atomic mass is 16.3. The number of rotatable bonds is 4. The summed E-state index contributed by atoms with van der Waals surface area (Å²) in [4.78, 5) is 11.3. The Kier molecular flexibility index (Phi) is 4.02. The Morgan fingerprint density at radius 3 is 2.89 bits per heavy atom. The van der Waals surface area contributed by atoms with Gasteiger partial charge in [-0.05, 0) is 36.0 Å². The number of aryl methyl sites for hydroxylation is 1. The predicted octanol–water partition coefficient (Wildman–Crippen LogP) is 3.04. The minimum absolute atomic E-state index is 0.0791. The van der Waals surface area contributed by atoms with Gasteiger partial charge in [0.25, 0.3) is 0 Å². The van der Waals surface area contributed by atoms with Crippen LogP contribution in [-0.2, 0) is 11.2 Å². The van der Waals surface area contributed by atoms with Gasteiger partial charge in [-0.3, -0.25) is 4.79 Å². The lowest BCUT2D eigenvalue weighted by Crippen LogP contribution is -2.19. The van der Waals surface area contributed by atoms with Crippen LogP contribution < -0.4 is 5.32 Å². The summed E-state index contributed by atoms with van der Waals surface area (Å²) in [6.45, 7) is 4.29. The van der Waals surface area contributed by atoms with Gasteiger partial charge in [-0.1, -0.05) is 32.4 Å². The number of hydrogen-bond donors (Lipinski definition) is 2. The molecule has 1 amide bonds. The van der Waals surface area contributed by atoms with Crippen LogP contribution in [0.2, 0.25) is 0 Å². The number of carbonyl (C=O) groups excluding carboxylic acids is 1. The molecule has 0 aliphatic carbocycles. The number of anilines is 1. The van der Waals surface area contributed by atoms with Crippen molar-refractivity contribution in [2.75, 3.05) is 5.32 Å². The quantitative estimate of drug-likeness (QED) is 0.859. The average molecular weight is 247 g/mol. The van der Waals surface area contributed by atoms with Gasteiger partial charge >= 0.3 is 0 Å². The van der Waals surface area contributed by atoms with Crippen molar-refractivity contribution >= 4 is 11.6 Å². The van der Waals surface area contributed by atoms with E-state index in [2.05, 4.69) is 19.2 Å². The highest BCUT2D eigenvalue weighted by Gasteiger charge is 2.17. The lowest BCUT2D eigenvalue weighted by atomic mass is 9.93. The van der Waals surface area contributed by atoms with Crippen LogP contribution in [0, 0.1) is 5.92 Å². The maximum Gasteiger partial charge on any atom is 0.224 e. The van der Waals surface area contributed by atoms with Crippen LogP contribution in [0.4, 0.5) is 5.69 Å². The molecule has 0 aromatic heterocycles. The summed E-state index contributed by atoms with van der Waals surface area (Å²) in [5.41, 5.74) is 2.99. The number of benzene rings is 1. The largest absolute Gasteiger partial charge is 0.388 e. The third-order valence-corrected chi connectivity index (χ3v) is 3.73. The maximum atomic E-state index is 11.3. The molecule has 0 spiro atoms. The molecule has 1 aliphatic rings. The second-order valence-corrected chi connectivity index (χ2v) is 5.23. The lowest BCUT2D eigenvalue weighted by molar-refractivity contribution is -0.116. The third-order valence-electron chi connectivity index (χ3n) is 3.73. The summed E-state index contributed by atoms with van der Waals surface area (Å²) >= 11 is 0. The van der Waals surface area contributed by atoms with E-state index in [1.54, 1.807) is 0 Å². The number of hydrogen-bond acceptors (Lipinski definition) is 2. The predicted molar refractivity (Wildman–Crippen MR) is 72.4 cm³/mol. The molecule has 2 rings (SSSR count). The summed E-state index contributed by atoms with van der Waals surface area (Å²) in [5.74, 6) is 0.603. The fourth-order valence-electron chi connectivity index (χ4n) is 2.29. The molecule has 0 saturated heterocycles. The van der Waals surface area contributed by atoms with Crippen molar-refractivity contribution in [3.63, 3.8) is 0 Å². The molecule has 98 valence electrons. The summed E-state index contributed by atoms with van der Waals surface area (Å²) in [6, 6.07) is 5.85. The zero-order chi connectivity index (χ0) is 13.1. The number of amides is 1. The molecule has 3 nitrogen and oxygen atoms in total. The maximum absolute atomic E-state index is 11.3. The van der Waals surface area contributed by atoms with E-state index in [-0.39, 0.29) is 5.91 Å². The average Bonchev–Trinajstić information content (AvgIpc) is 2.37. The first-order chi connectivity index (χ1) is 8.60. The SMILES string of the molecule is CCC(C)CC(O)c1ccc2c(c1)CCC(=O)N2. The highest BCUT2D eigenvalue weighted by Crippen LogP contribution is 2.29. The number of nitrogens with one attached hydrogen (secondary N) is 1. The molecule has 2 atom stereocenters. The van der Waals surface area contributed by atoms with E-state index < -0.39 is 6.10 Å². The summed E-state index contributed by atoms with van der Waals surface area (Å²) < 4.78 is 0. The van der Waals surface area contributed by atoms with Crippen molar-refractivity contribution in [2.45, 2.75) is 45.6 Å². The molecule has 0 radical (unpaired) electrons. The van der Waals surface area contributed by atoms with Crippen LogP contribution in [0.1, 0.15) is 50.3 Å². The van der Waals surface area contributed by atoms with Crippen molar-refractivity contribution in [3.05, 3.63) is 29.3 Å². The minimum Gasteiger partial charge on any atom is -0.388 e. The molecule has 2 unspecified atom stereocenters. The first-order valence-corrected chi connectivity index (χ1v) is 6.71. The third kappa shape index (κ3) is 2.91. The molecule has 3 heteroatoms. The van der Waals surface area contributed by atoms with E-state index in [0.29, 0.717) is 12.3 Å². The summed E-state index contributed by atoms with van der Waals surface area (Å²) in [5, 5.41) is 13.0. The first kappa shape index (κ1) is 13.1. The second kappa shape index (κ2) is 5.53. The Labute approximate surface area is 108 Å². The molecule has 18 heavy (non-hydrogen) atoms. The van der Waals surface area contributed by atoms with Crippen molar-refractivity contribution in [1.29, 1.82) is 0 Å². The Hall–Kier alpha value is -1.35. The van der Waals surface area contributed by atoms with Crippen molar-refractivity contribution < 1.29 is 9.90 Å². The van der Waals surface area contributed by atoms with Crippen LogP contribution in [-0.4, -0.2) is 11.0 Å². The zero-order valence-corrected chi connectivity index (χ0v) is 11.1. The van der Waals surface area contributed by atoms with Gasteiger partial charge in [0.1, 0.15) is 0 Å². The Bertz CT molecular complexity index is 442. The summed E-state index contributed by atoms with van der Waals surface area (Å²) in [6.07, 6.45) is 2.78. The Morgan fingerprint density at radius 2 is 2.17 bits per heavy atom. The number of carbonyl (C=O) groups is 1. The number of fused-ring (bicyclic) bond motifs is 1. The zero-order valence-electron chi connectivity index (χ0n) is 11.1. The molecule has 1 heterocycles. The van der Waals surface area contributed by atoms with Gasteiger partial charge in [0.05, 0.1) is 6.10 Å². The van der Waals surface area contributed by atoms with Crippen molar-refractivity contribution in [2.24, 2.45) is 5.92 Å². The molecule has 1 aliphatic heterocycles. The normalized spacial score (nSPS) is 17.8. The molecule has 1 aromatic carbocycles. The van der Waals surface area contributed by atoms with E-state index >= 15 is 0 Å². The van der Waals surface area contributed by atoms with E-state index in [1.165, 1.54) is 0 Å². The van der Waals surface area contributed by atoms with Crippen LogP contribution in [0.15, 0.2) is 18.2 Å². The standard InChI is InChI=1S/C15H21NO2/c1-3-10(2)8-14(17)12-4-6-13-11(9-12)5-7-15(18)16-13/h4,6,9-10,14,17H,3,5,7-8H2,1-2H3,(H,16,18). The first-order valence-electron chi connectivity index (χ1n) is 6.71. The van der Waals surface area contributed by atoms with Gasteiger partial charge in [-0.15, -0.1) is 0 Å². The topological polar surface area (TPSA) is 49.3 Å². The molecular formula is C15H21NO2. The summed E-state index contributed by atoms with van der Waals surface area (Å²) in [7, 11) is 0. The van der Waals surface area contributed by atoms with Crippen LogP contribution >= 0.6 is 0 Å². The monoisotopic (exact) mass is 247 g/mol. The van der Waals surface area contributed by atoms with Crippen LogP contribution in [0.3, 0.4) is 0 Å². The van der Waals surface area contributed by atoms with Gasteiger partial charge < -0.3 is 10.4 Å². The molecule has 0 bridgehead atoms. The molecule has 0 saturated carbocycles. The van der Waals surface area contributed by atoms with Gasteiger partial charge in [-0.2, -0.15) is 0 Å². The number of aliphatic hydroxyl groups is 1. The lowest BCUT2D eigenvalue weighted by Gasteiger charge is -2.20. The van der Waals surface area contributed by atoms with Gasteiger partial charge in [0.15, 0.2) is 0 Å². The highest BCUT2D eigenvalue weighted by molar-refractivity contribution is 5.93. The minimum atomic E-state index is -0.400. The van der Waals surface area contributed by atoms with Gasteiger partial charge in [0, 0.05) is 12.1 Å². The van der Waals surface area contributed by atoms with Crippen molar-refractivity contribution in [1.82, 2.24) is 0 Å². The molecule has 1 aromatic rings. The van der Waals surface area contributed by atoms with E-state index in [1.807, 2.05) is 18.2 Å². The smallest absolute Gasteiger partial charge is 0.224 e. The molecule has 2 N–H and O–H groups in total. The second-order valence-electron chi connectivity index (χ2n) is 5.23. The van der Waals surface area contributed by atoms with Gasteiger partial charge in [-0.25, -0.2) is 0 Å². The fraction of sp³-hybridized carbons (Fsp3) is 0.533. The van der Waals surface area contributed by atoms with E-state index in [4.69, 9.17) is 0 Å². The number of aliphatic hydroxyl groups excluding tert-OH is 1. The van der Waals surface area contributed by atoms with Crippen LogP contribution in [0.5, 0.6) is 0 Å². The van der Waals surface area contributed by atoms with Crippen LogP contribution in [0.25, 0.3) is 0 Å². The molecular weight excluding hydrogens is 226 g/mol. The van der Waals surface area contributed by atoms with Crippen molar-refractivity contribution in [3.8, 4) is 0 Å². The fourth-order valence-corrected chi connectivity index (χ4v) is 2.29. The van der Waals surface area contributed by atoms with Gasteiger partial charge in [0.2, 0.25) is 5.91 Å². The Balaban J connectivity index is 2.13. The molecule has 0 fully saturated rings. The Morgan fingerprint density at radius 1 is 1.39 bits per heavy atom. The van der Waals surface area contributed by atoms with E-state index in [0.717, 1.165) is 36.1 Å². The van der Waals surface area contributed by atoms with E-state index in [9.17, 15) is 9.90 Å².